The molecule has 1 atom stereocenters. The number of nitrogens with one attached hydrogen (secondary N) is 2. The predicted octanol–water partition coefficient (Wildman–Crippen LogP) is 2.71. The van der Waals surface area contributed by atoms with Crippen molar-refractivity contribution in [3.63, 3.8) is 0 Å². The van der Waals surface area contributed by atoms with Crippen molar-refractivity contribution in [2.24, 2.45) is 0 Å². The highest BCUT2D eigenvalue weighted by atomic mass is 16.3. The van der Waals surface area contributed by atoms with Crippen LogP contribution < -0.4 is 5.32 Å². The Morgan fingerprint density at radius 3 is 3.04 bits per heavy atom. The summed E-state index contributed by atoms with van der Waals surface area (Å²) in [6, 6.07) is 9.40. The van der Waals surface area contributed by atoms with Crippen LogP contribution in [0.2, 0.25) is 0 Å². The number of aliphatic hydroxyl groups excluding tert-OH is 1. The zero-order chi connectivity index (χ0) is 18.1. The Hall–Kier alpha value is -2.93. The number of aromatic amines is 1. The normalized spacial score (nSPS) is 15.0. The molecule has 1 aliphatic rings. The lowest BCUT2D eigenvalue weighted by Gasteiger charge is -2.08. The number of aromatic nitrogens is 4. The molecule has 0 bridgehead atoms. The van der Waals surface area contributed by atoms with Gasteiger partial charge in [0.2, 0.25) is 5.91 Å². The molecule has 0 aliphatic heterocycles. The van der Waals surface area contributed by atoms with Gasteiger partial charge >= 0.3 is 0 Å². The molecule has 0 unspecified atom stereocenters. The van der Waals surface area contributed by atoms with Crippen LogP contribution in [0.5, 0.6) is 0 Å². The minimum atomic E-state index is -0.356. The Kier molecular flexibility index (Phi) is 4.30. The van der Waals surface area contributed by atoms with E-state index in [1.54, 1.807) is 10.9 Å². The molecule has 4 rings (SSSR count). The van der Waals surface area contributed by atoms with Gasteiger partial charge in [-0.2, -0.15) is 10.2 Å². The molecule has 1 aromatic carbocycles. The van der Waals surface area contributed by atoms with E-state index in [-0.39, 0.29) is 18.4 Å². The van der Waals surface area contributed by atoms with Gasteiger partial charge in [-0.1, -0.05) is 12.1 Å². The van der Waals surface area contributed by atoms with Crippen molar-refractivity contribution >= 4 is 11.7 Å². The third-order valence-electron chi connectivity index (χ3n) is 4.72. The van der Waals surface area contributed by atoms with Gasteiger partial charge in [-0.15, -0.1) is 0 Å². The molecule has 1 saturated carbocycles. The Balaban J connectivity index is 1.46. The smallest absolute Gasteiger partial charge is 0.232 e. The fraction of sp³-hybridized carbons (Fsp3) is 0.316. The maximum atomic E-state index is 12.5. The Morgan fingerprint density at radius 2 is 2.27 bits per heavy atom. The summed E-state index contributed by atoms with van der Waals surface area (Å²) in [4.78, 5) is 12.5. The van der Waals surface area contributed by atoms with Gasteiger partial charge in [0.15, 0.2) is 5.82 Å². The molecule has 134 valence electrons. The topological polar surface area (TPSA) is 95.8 Å². The van der Waals surface area contributed by atoms with Crippen LogP contribution in [0.3, 0.4) is 0 Å². The van der Waals surface area contributed by atoms with E-state index in [0.717, 1.165) is 22.5 Å². The monoisotopic (exact) mass is 351 g/mol. The first-order valence-electron chi connectivity index (χ1n) is 8.75. The second-order valence-electron chi connectivity index (χ2n) is 6.74. The van der Waals surface area contributed by atoms with Crippen LogP contribution in [0.1, 0.15) is 48.4 Å². The van der Waals surface area contributed by atoms with Gasteiger partial charge in [-0.05, 0) is 37.5 Å². The molecule has 0 saturated heterocycles. The van der Waals surface area contributed by atoms with Gasteiger partial charge in [-0.3, -0.25) is 9.89 Å². The molecule has 7 nitrogen and oxygen atoms in total. The van der Waals surface area contributed by atoms with E-state index in [9.17, 15) is 9.90 Å². The van der Waals surface area contributed by atoms with Crippen molar-refractivity contribution in [2.75, 3.05) is 5.32 Å². The quantitative estimate of drug-likeness (QED) is 0.636. The lowest BCUT2D eigenvalue weighted by Crippen LogP contribution is -2.18. The van der Waals surface area contributed by atoms with E-state index >= 15 is 0 Å². The summed E-state index contributed by atoms with van der Waals surface area (Å²) in [5.74, 6) is 0.652. The highest BCUT2D eigenvalue weighted by molar-refractivity contribution is 5.94. The molecule has 3 N–H and O–H groups in total. The van der Waals surface area contributed by atoms with Crippen molar-refractivity contribution in [2.45, 2.75) is 38.2 Å². The number of rotatable bonds is 6. The first-order valence-corrected chi connectivity index (χ1v) is 8.75. The zero-order valence-corrected chi connectivity index (χ0v) is 14.5. The summed E-state index contributed by atoms with van der Waals surface area (Å²) < 4.78 is 1.71. The number of benzene rings is 1. The Morgan fingerprint density at radius 1 is 1.42 bits per heavy atom. The molecule has 0 radical (unpaired) electrons. The van der Waals surface area contributed by atoms with E-state index < -0.39 is 0 Å². The largest absolute Gasteiger partial charge is 0.392 e. The maximum absolute atomic E-state index is 12.5. The minimum Gasteiger partial charge on any atom is -0.392 e. The number of H-pyrrole nitrogens is 1. The molecule has 1 amide bonds. The summed E-state index contributed by atoms with van der Waals surface area (Å²) in [6.45, 7) is 1.82. The average Bonchev–Trinajstić information content (AvgIpc) is 3.21. The summed E-state index contributed by atoms with van der Waals surface area (Å²) in [5.41, 5.74) is 3.56. The van der Waals surface area contributed by atoms with Crippen LogP contribution in [-0.2, 0) is 11.4 Å². The van der Waals surface area contributed by atoms with Gasteiger partial charge in [0.05, 0.1) is 24.4 Å². The van der Waals surface area contributed by atoms with E-state index in [1.807, 2.05) is 43.5 Å². The number of carbonyl (C=O) groups is 1. The van der Waals surface area contributed by atoms with Crippen molar-refractivity contribution in [1.82, 2.24) is 20.0 Å². The average molecular weight is 351 g/mol. The van der Waals surface area contributed by atoms with Crippen LogP contribution in [-0.4, -0.2) is 31.0 Å². The van der Waals surface area contributed by atoms with Gasteiger partial charge in [0.1, 0.15) is 0 Å². The van der Waals surface area contributed by atoms with E-state index in [0.29, 0.717) is 11.7 Å². The number of anilines is 1. The van der Waals surface area contributed by atoms with Crippen molar-refractivity contribution in [3.05, 3.63) is 59.5 Å². The molecule has 7 heteroatoms. The first-order chi connectivity index (χ1) is 12.6. The van der Waals surface area contributed by atoms with Gasteiger partial charge in [0.25, 0.3) is 0 Å². The summed E-state index contributed by atoms with van der Waals surface area (Å²) >= 11 is 0. The minimum absolute atomic E-state index is 0.0206. The number of hydrogen-bond acceptors (Lipinski definition) is 4. The maximum Gasteiger partial charge on any atom is 0.232 e. The fourth-order valence-corrected chi connectivity index (χ4v) is 2.89. The van der Waals surface area contributed by atoms with E-state index in [2.05, 4.69) is 20.6 Å². The zero-order valence-electron chi connectivity index (χ0n) is 14.5. The second kappa shape index (κ2) is 6.76. The Bertz CT molecular complexity index is 925. The Labute approximate surface area is 151 Å². The van der Waals surface area contributed by atoms with Crippen LogP contribution in [0.15, 0.2) is 42.7 Å². The van der Waals surface area contributed by atoms with Crippen molar-refractivity contribution < 1.29 is 9.90 Å². The van der Waals surface area contributed by atoms with Crippen LogP contribution in [0, 0.1) is 0 Å². The predicted molar refractivity (Wildman–Crippen MR) is 97.1 cm³/mol. The molecule has 1 fully saturated rings. The molecule has 26 heavy (non-hydrogen) atoms. The third kappa shape index (κ3) is 3.39. The standard InChI is InChI=1S/C19H21N5O2/c1-12(19(26)21-18-8-17(22-23-18)14-5-6-14)15-9-20-24(10-15)16-4-2-3-13(7-16)11-25/h2-4,7-10,12,14,25H,5-6,11H2,1H3,(H2,21,22,23,26)/t12-/m0/s1. The molecule has 2 heterocycles. The lowest BCUT2D eigenvalue weighted by atomic mass is 10.0. The third-order valence-corrected chi connectivity index (χ3v) is 4.72. The SMILES string of the molecule is C[C@H](C(=O)Nc1cc(C2CC2)[nH]n1)c1cnn(-c2cccc(CO)c2)c1. The summed E-state index contributed by atoms with van der Waals surface area (Å²) in [6.07, 6.45) is 5.89. The number of aliphatic hydroxyl groups is 1. The molecular formula is C19H21N5O2. The summed E-state index contributed by atoms with van der Waals surface area (Å²) in [5, 5.41) is 23.6. The lowest BCUT2D eigenvalue weighted by molar-refractivity contribution is -0.117. The fourth-order valence-electron chi connectivity index (χ4n) is 2.89. The highest BCUT2D eigenvalue weighted by Crippen LogP contribution is 2.39. The molecular weight excluding hydrogens is 330 g/mol. The van der Waals surface area contributed by atoms with Crippen LogP contribution in [0.25, 0.3) is 5.69 Å². The van der Waals surface area contributed by atoms with Gasteiger partial charge in [-0.25, -0.2) is 4.68 Å². The first kappa shape index (κ1) is 16.5. The second-order valence-corrected chi connectivity index (χ2v) is 6.74. The molecule has 3 aromatic rings. The van der Waals surface area contributed by atoms with Gasteiger partial charge < -0.3 is 10.4 Å². The van der Waals surface area contributed by atoms with E-state index in [1.165, 1.54) is 12.8 Å². The van der Waals surface area contributed by atoms with Crippen molar-refractivity contribution in [1.29, 1.82) is 0 Å². The van der Waals surface area contributed by atoms with Crippen molar-refractivity contribution in [3.8, 4) is 5.69 Å². The highest BCUT2D eigenvalue weighted by Gasteiger charge is 2.26. The number of carbonyl (C=O) groups excluding carboxylic acids is 1. The summed E-state index contributed by atoms with van der Waals surface area (Å²) in [7, 11) is 0. The van der Waals surface area contributed by atoms with Gasteiger partial charge in [0, 0.05) is 29.4 Å². The number of hydrogen-bond donors (Lipinski definition) is 3. The molecule has 0 spiro atoms. The van der Waals surface area contributed by atoms with E-state index in [4.69, 9.17) is 0 Å². The number of nitrogens with zero attached hydrogens (tertiary/aromatic N) is 3. The van der Waals surface area contributed by atoms with Crippen LogP contribution in [0.4, 0.5) is 5.82 Å². The van der Waals surface area contributed by atoms with Crippen LogP contribution >= 0.6 is 0 Å². The molecule has 1 aliphatic carbocycles. The number of amides is 1. The molecule has 2 aromatic heterocycles.